The van der Waals surface area contributed by atoms with Gasteiger partial charge in [0.25, 0.3) is 0 Å². The van der Waals surface area contributed by atoms with Gasteiger partial charge in [-0.25, -0.2) is 4.79 Å². The van der Waals surface area contributed by atoms with Gasteiger partial charge in [0.2, 0.25) is 5.91 Å². The van der Waals surface area contributed by atoms with Crippen LogP contribution in [0.4, 0.5) is 0 Å². The van der Waals surface area contributed by atoms with E-state index in [1.165, 1.54) is 12.1 Å². The molecule has 7 nitrogen and oxygen atoms in total. The van der Waals surface area contributed by atoms with E-state index in [1.54, 1.807) is 18.3 Å². The Morgan fingerprint density at radius 3 is 2.70 bits per heavy atom. The molecule has 1 fully saturated rings. The van der Waals surface area contributed by atoms with Gasteiger partial charge >= 0.3 is 5.97 Å². The third-order valence-corrected chi connectivity index (χ3v) is 4.81. The molecule has 0 spiro atoms. The Labute approximate surface area is 158 Å². The summed E-state index contributed by atoms with van der Waals surface area (Å²) < 4.78 is 7.86. The summed E-state index contributed by atoms with van der Waals surface area (Å²) in [4.78, 5) is 23.7. The van der Waals surface area contributed by atoms with Crippen molar-refractivity contribution in [2.24, 2.45) is 5.92 Å². The molecule has 1 aliphatic heterocycles. The number of nitrogens with one attached hydrogen (secondary N) is 1. The van der Waals surface area contributed by atoms with E-state index in [0.29, 0.717) is 13.2 Å². The highest BCUT2D eigenvalue weighted by Gasteiger charge is 2.35. The fourth-order valence-corrected chi connectivity index (χ4v) is 3.41. The highest BCUT2D eigenvalue weighted by atomic mass is 16.5. The maximum absolute atomic E-state index is 12.8. The van der Waals surface area contributed by atoms with E-state index >= 15 is 0 Å². The summed E-state index contributed by atoms with van der Waals surface area (Å²) in [6.45, 7) is 5.09. The Bertz CT molecular complexity index is 798. The van der Waals surface area contributed by atoms with Crippen molar-refractivity contribution >= 4 is 11.9 Å². The molecule has 2 heterocycles. The van der Waals surface area contributed by atoms with Crippen molar-refractivity contribution in [1.29, 1.82) is 0 Å². The zero-order valence-corrected chi connectivity index (χ0v) is 15.6. The van der Waals surface area contributed by atoms with Gasteiger partial charge < -0.3 is 15.2 Å². The minimum Gasteiger partial charge on any atom is -0.478 e. The minimum absolute atomic E-state index is 0.0569. The molecule has 1 saturated heterocycles. The number of hydrogen-bond acceptors (Lipinski definition) is 4. The normalized spacial score (nSPS) is 19.8. The van der Waals surface area contributed by atoms with Gasteiger partial charge in [0, 0.05) is 25.4 Å². The van der Waals surface area contributed by atoms with Gasteiger partial charge in [-0.05, 0) is 50.5 Å². The lowest BCUT2D eigenvalue weighted by Gasteiger charge is -2.31. The molecule has 1 aliphatic rings. The number of nitrogens with zero attached hydrogens (tertiary/aromatic N) is 2. The van der Waals surface area contributed by atoms with E-state index in [9.17, 15) is 9.59 Å². The lowest BCUT2D eigenvalue weighted by molar-refractivity contribution is -0.135. The Morgan fingerprint density at radius 2 is 2.04 bits per heavy atom. The summed E-state index contributed by atoms with van der Waals surface area (Å²) in [5.74, 6) is -1.29. The molecule has 0 unspecified atom stereocenters. The summed E-state index contributed by atoms with van der Waals surface area (Å²) in [6.07, 6.45) is 3.04. The van der Waals surface area contributed by atoms with Gasteiger partial charge in [0.1, 0.15) is 6.10 Å². The molecule has 0 saturated carbocycles. The summed E-state index contributed by atoms with van der Waals surface area (Å²) >= 11 is 0. The Hall–Kier alpha value is -2.67. The number of hydrogen-bond donors (Lipinski definition) is 2. The summed E-state index contributed by atoms with van der Waals surface area (Å²) in [5.41, 5.74) is 2.01. The van der Waals surface area contributed by atoms with Gasteiger partial charge in [-0.15, -0.1) is 0 Å². The number of carboxylic acid groups (broad SMARTS) is 1. The quantitative estimate of drug-likeness (QED) is 0.814. The number of amides is 1. The summed E-state index contributed by atoms with van der Waals surface area (Å²) in [6, 6.07) is 8.62. The number of carbonyl (C=O) groups excluding carboxylic acids is 1. The van der Waals surface area contributed by atoms with E-state index in [1.807, 2.05) is 10.7 Å². The van der Waals surface area contributed by atoms with Crippen molar-refractivity contribution in [1.82, 2.24) is 15.1 Å². The van der Waals surface area contributed by atoms with Crippen LogP contribution < -0.4 is 5.32 Å². The zero-order chi connectivity index (χ0) is 19.4. The second-order valence-corrected chi connectivity index (χ2v) is 7.05. The largest absolute Gasteiger partial charge is 0.478 e. The number of aromatic nitrogens is 2. The van der Waals surface area contributed by atoms with Crippen LogP contribution in [0.2, 0.25) is 0 Å². The van der Waals surface area contributed by atoms with E-state index in [4.69, 9.17) is 9.84 Å². The molecule has 1 amide bonds. The number of carbonyl (C=O) groups is 2. The molecule has 144 valence electrons. The third-order valence-electron chi connectivity index (χ3n) is 4.81. The SMILES string of the molecule is CC(C)n1nccc1[C@@H]1OCCC[C@H]1C(=O)NCc1ccc(C(=O)O)cc1. The first kappa shape index (κ1) is 19.1. The molecule has 0 radical (unpaired) electrons. The second-order valence-electron chi connectivity index (χ2n) is 7.05. The first-order valence-electron chi connectivity index (χ1n) is 9.22. The topological polar surface area (TPSA) is 93.5 Å². The van der Waals surface area contributed by atoms with Crippen LogP contribution in [0.1, 0.15) is 60.5 Å². The van der Waals surface area contributed by atoms with Gasteiger partial charge in [0.05, 0.1) is 17.2 Å². The average molecular weight is 371 g/mol. The molecule has 7 heteroatoms. The highest BCUT2D eigenvalue weighted by molar-refractivity contribution is 5.87. The van der Waals surface area contributed by atoms with Crippen LogP contribution in [0.3, 0.4) is 0 Å². The van der Waals surface area contributed by atoms with Gasteiger partial charge in [-0.2, -0.15) is 5.10 Å². The van der Waals surface area contributed by atoms with Crippen molar-refractivity contribution < 1.29 is 19.4 Å². The van der Waals surface area contributed by atoms with Crippen molar-refractivity contribution in [3.8, 4) is 0 Å². The van der Waals surface area contributed by atoms with E-state index in [-0.39, 0.29) is 29.5 Å². The van der Waals surface area contributed by atoms with Gasteiger partial charge in [0.15, 0.2) is 0 Å². The van der Waals surface area contributed by atoms with Gasteiger partial charge in [-0.3, -0.25) is 9.48 Å². The van der Waals surface area contributed by atoms with Crippen molar-refractivity contribution in [2.75, 3.05) is 6.61 Å². The first-order valence-corrected chi connectivity index (χ1v) is 9.22. The standard InChI is InChI=1S/C20H25N3O4/c1-13(2)23-17(9-10-22-23)18-16(4-3-11-27-18)19(24)21-12-14-5-7-15(8-6-14)20(25)26/h5-10,13,16,18H,3-4,11-12H2,1-2H3,(H,21,24)(H,25,26)/t16-,18-/m1/s1. The molecule has 2 atom stereocenters. The fourth-order valence-electron chi connectivity index (χ4n) is 3.41. The maximum atomic E-state index is 12.8. The minimum atomic E-state index is -0.963. The molecule has 0 aliphatic carbocycles. The molecule has 1 aromatic heterocycles. The van der Waals surface area contributed by atoms with Crippen LogP contribution in [0.25, 0.3) is 0 Å². The lowest BCUT2D eigenvalue weighted by Crippen LogP contribution is -2.38. The molecular weight excluding hydrogens is 346 g/mol. The van der Waals surface area contributed by atoms with E-state index in [2.05, 4.69) is 24.3 Å². The number of carboxylic acids is 1. The Morgan fingerprint density at radius 1 is 1.30 bits per heavy atom. The number of aromatic carboxylic acids is 1. The number of rotatable bonds is 6. The summed E-state index contributed by atoms with van der Waals surface area (Å²) in [7, 11) is 0. The van der Waals surface area contributed by atoms with Crippen LogP contribution in [-0.2, 0) is 16.1 Å². The Balaban J connectivity index is 1.68. The van der Waals surface area contributed by atoms with Crippen LogP contribution in [0, 0.1) is 5.92 Å². The van der Waals surface area contributed by atoms with Crippen LogP contribution >= 0.6 is 0 Å². The van der Waals surface area contributed by atoms with Crippen molar-refractivity contribution in [3.63, 3.8) is 0 Å². The lowest BCUT2D eigenvalue weighted by atomic mass is 9.91. The van der Waals surface area contributed by atoms with Crippen LogP contribution in [0.15, 0.2) is 36.5 Å². The molecular formula is C20H25N3O4. The highest BCUT2D eigenvalue weighted by Crippen LogP contribution is 2.34. The van der Waals surface area contributed by atoms with Gasteiger partial charge in [-0.1, -0.05) is 12.1 Å². The number of benzene rings is 1. The summed E-state index contributed by atoms with van der Waals surface area (Å²) in [5, 5.41) is 16.3. The van der Waals surface area contributed by atoms with Crippen molar-refractivity contribution in [2.45, 2.75) is 45.4 Å². The smallest absolute Gasteiger partial charge is 0.335 e. The van der Waals surface area contributed by atoms with E-state index in [0.717, 1.165) is 24.1 Å². The molecule has 1 aromatic carbocycles. The second kappa shape index (κ2) is 8.35. The first-order chi connectivity index (χ1) is 13.0. The Kier molecular flexibility index (Phi) is 5.91. The van der Waals surface area contributed by atoms with E-state index < -0.39 is 5.97 Å². The maximum Gasteiger partial charge on any atom is 0.335 e. The predicted octanol–water partition coefficient (Wildman–Crippen LogP) is 2.95. The molecule has 2 N–H and O–H groups in total. The number of ether oxygens (including phenoxy) is 1. The van der Waals surface area contributed by atoms with Crippen LogP contribution in [-0.4, -0.2) is 33.4 Å². The van der Waals surface area contributed by atoms with Crippen molar-refractivity contribution in [3.05, 3.63) is 53.3 Å². The van der Waals surface area contributed by atoms with Crippen LogP contribution in [0.5, 0.6) is 0 Å². The average Bonchev–Trinajstić information content (AvgIpc) is 3.16. The molecule has 3 rings (SSSR count). The molecule has 0 bridgehead atoms. The zero-order valence-electron chi connectivity index (χ0n) is 15.6. The fraction of sp³-hybridized carbons (Fsp3) is 0.450. The molecule has 2 aromatic rings. The third kappa shape index (κ3) is 4.36. The molecule has 27 heavy (non-hydrogen) atoms. The monoisotopic (exact) mass is 371 g/mol. The predicted molar refractivity (Wildman–Crippen MR) is 99.3 cm³/mol.